The maximum atomic E-state index is 11.5. The first-order chi connectivity index (χ1) is 8.73. The average Bonchev–Trinajstić information content (AvgIpc) is 2.25. The molecule has 9 heteroatoms. The fourth-order valence-electron chi connectivity index (χ4n) is 1.54. The molecule has 0 aromatic heterocycles. The Labute approximate surface area is 114 Å². The fourth-order valence-corrected chi connectivity index (χ4v) is 3.79. The van der Waals surface area contributed by atoms with Crippen molar-refractivity contribution < 1.29 is 21.6 Å². The zero-order valence-electron chi connectivity index (χ0n) is 11.1. The van der Waals surface area contributed by atoms with E-state index in [-0.39, 0.29) is 6.42 Å². The lowest BCUT2D eigenvalue weighted by molar-refractivity contribution is 0.528. The standard InChI is InChI=1S/C10H20N2O5S2/c1-3-4-5-6-7-8-10(18(2,14)15)12-19(16,17)11-9-13/h10,12H,3-8H2,1-2H3. The van der Waals surface area contributed by atoms with E-state index >= 15 is 0 Å². The molecule has 0 aromatic carbocycles. The van der Waals surface area contributed by atoms with Crippen LogP contribution in [-0.4, -0.2) is 34.5 Å². The number of rotatable bonds is 10. The molecule has 0 aliphatic carbocycles. The number of sulfone groups is 1. The normalized spacial score (nSPS) is 13.8. The minimum absolute atomic E-state index is 0.163. The van der Waals surface area contributed by atoms with Gasteiger partial charge in [-0.2, -0.15) is 13.1 Å². The summed E-state index contributed by atoms with van der Waals surface area (Å²) in [5, 5.41) is -1.25. The Morgan fingerprint density at radius 3 is 2.16 bits per heavy atom. The molecule has 0 spiro atoms. The monoisotopic (exact) mass is 312 g/mol. The van der Waals surface area contributed by atoms with Crippen LogP contribution < -0.4 is 4.72 Å². The van der Waals surface area contributed by atoms with Crippen LogP contribution in [0.1, 0.15) is 45.4 Å². The maximum Gasteiger partial charge on any atom is 0.331 e. The number of hydrogen-bond acceptors (Lipinski definition) is 5. The molecular weight excluding hydrogens is 292 g/mol. The summed E-state index contributed by atoms with van der Waals surface area (Å²) in [6.45, 7) is 2.06. The minimum Gasteiger partial charge on any atom is -0.227 e. The lowest BCUT2D eigenvalue weighted by Gasteiger charge is -2.14. The number of carbonyl (C=O) groups excluding carboxylic acids is 1. The van der Waals surface area contributed by atoms with Gasteiger partial charge in [-0.25, -0.2) is 13.2 Å². The molecule has 0 aromatic rings. The summed E-state index contributed by atoms with van der Waals surface area (Å²) in [7, 11) is -7.88. The molecule has 0 radical (unpaired) electrons. The number of nitrogens with one attached hydrogen (secondary N) is 1. The van der Waals surface area contributed by atoms with Crippen LogP contribution in [0.25, 0.3) is 0 Å². The Bertz CT molecular complexity index is 506. The molecule has 0 heterocycles. The quantitative estimate of drug-likeness (QED) is 0.366. The molecular formula is C10H20N2O5S2. The lowest BCUT2D eigenvalue weighted by atomic mass is 10.1. The van der Waals surface area contributed by atoms with E-state index in [2.05, 4.69) is 11.3 Å². The first-order valence-corrected chi connectivity index (χ1v) is 9.42. The molecule has 0 bridgehead atoms. The molecule has 1 atom stereocenters. The van der Waals surface area contributed by atoms with Crippen LogP contribution in [0.15, 0.2) is 4.40 Å². The van der Waals surface area contributed by atoms with Crippen LogP contribution in [0.3, 0.4) is 0 Å². The van der Waals surface area contributed by atoms with Crippen molar-refractivity contribution >= 4 is 26.1 Å². The van der Waals surface area contributed by atoms with Gasteiger partial charge in [-0.1, -0.05) is 43.4 Å². The van der Waals surface area contributed by atoms with Gasteiger partial charge >= 0.3 is 10.2 Å². The van der Waals surface area contributed by atoms with Gasteiger partial charge in [0.25, 0.3) is 6.08 Å². The Hall–Kier alpha value is -0.760. The van der Waals surface area contributed by atoms with Gasteiger partial charge in [-0.15, -0.1) is 0 Å². The van der Waals surface area contributed by atoms with Gasteiger partial charge in [0.1, 0.15) is 5.37 Å². The number of hydrogen-bond donors (Lipinski definition) is 1. The van der Waals surface area contributed by atoms with Gasteiger partial charge in [0.15, 0.2) is 9.84 Å². The molecule has 0 saturated heterocycles. The third kappa shape index (κ3) is 8.88. The van der Waals surface area contributed by atoms with Crippen LogP contribution in [-0.2, 0) is 24.8 Å². The second kappa shape index (κ2) is 8.42. The van der Waals surface area contributed by atoms with Crippen molar-refractivity contribution in [3.05, 3.63) is 0 Å². The molecule has 0 aliphatic rings. The molecule has 0 fully saturated rings. The summed E-state index contributed by atoms with van der Waals surface area (Å²) in [5.74, 6) is 0. The Morgan fingerprint density at radius 2 is 1.68 bits per heavy atom. The topological polar surface area (TPSA) is 110 Å². The third-order valence-corrected chi connectivity index (χ3v) is 4.96. The molecule has 0 aliphatic heterocycles. The van der Waals surface area contributed by atoms with Gasteiger partial charge < -0.3 is 0 Å². The summed E-state index contributed by atoms with van der Waals surface area (Å²) in [6, 6.07) is 0. The van der Waals surface area contributed by atoms with E-state index in [1.54, 1.807) is 0 Å². The lowest BCUT2D eigenvalue weighted by Crippen LogP contribution is -2.39. The molecule has 19 heavy (non-hydrogen) atoms. The molecule has 0 saturated carbocycles. The van der Waals surface area contributed by atoms with Crippen molar-refractivity contribution in [2.24, 2.45) is 4.40 Å². The van der Waals surface area contributed by atoms with E-state index < -0.39 is 25.4 Å². The maximum absolute atomic E-state index is 11.5. The zero-order valence-corrected chi connectivity index (χ0v) is 12.8. The van der Waals surface area contributed by atoms with E-state index in [1.165, 1.54) is 0 Å². The summed E-state index contributed by atoms with van der Waals surface area (Å²) in [5.41, 5.74) is 0. The van der Waals surface area contributed by atoms with Crippen molar-refractivity contribution in [1.82, 2.24) is 4.72 Å². The van der Waals surface area contributed by atoms with Crippen LogP contribution >= 0.6 is 0 Å². The molecule has 1 N–H and O–H groups in total. The summed E-state index contributed by atoms with van der Waals surface area (Å²) in [4.78, 5) is 9.92. The van der Waals surface area contributed by atoms with E-state index in [0.717, 1.165) is 38.0 Å². The molecule has 7 nitrogen and oxygen atoms in total. The number of isocyanates is 1. The highest BCUT2D eigenvalue weighted by molar-refractivity contribution is 7.93. The average molecular weight is 312 g/mol. The Balaban J connectivity index is 4.55. The molecule has 0 rings (SSSR count). The van der Waals surface area contributed by atoms with Crippen LogP contribution in [0.5, 0.6) is 0 Å². The highest BCUT2D eigenvalue weighted by Crippen LogP contribution is 2.11. The Kier molecular flexibility index (Phi) is 8.08. The molecule has 1 unspecified atom stereocenters. The first kappa shape index (κ1) is 18.2. The Morgan fingerprint density at radius 1 is 1.11 bits per heavy atom. The highest BCUT2D eigenvalue weighted by Gasteiger charge is 2.25. The van der Waals surface area contributed by atoms with Gasteiger partial charge in [-0.3, -0.25) is 0 Å². The van der Waals surface area contributed by atoms with E-state index in [9.17, 15) is 21.6 Å². The van der Waals surface area contributed by atoms with E-state index in [1.807, 2.05) is 4.72 Å². The summed E-state index contributed by atoms with van der Waals surface area (Å²) >= 11 is 0. The van der Waals surface area contributed by atoms with E-state index in [4.69, 9.17) is 0 Å². The van der Waals surface area contributed by atoms with Crippen LogP contribution in [0.4, 0.5) is 0 Å². The molecule has 112 valence electrons. The number of unbranched alkanes of at least 4 members (excludes halogenated alkanes) is 4. The van der Waals surface area contributed by atoms with E-state index in [0.29, 0.717) is 6.42 Å². The van der Waals surface area contributed by atoms with Crippen molar-refractivity contribution in [1.29, 1.82) is 0 Å². The van der Waals surface area contributed by atoms with Crippen molar-refractivity contribution in [3.8, 4) is 0 Å². The predicted octanol–water partition coefficient (Wildman–Crippen LogP) is 0.888. The smallest absolute Gasteiger partial charge is 0.227 e. The van der Waals surface area contributed by atoms with Gasteiger partial charge in [0.2, 0.25) is 0 Å². The summed E-state index contributed by atoms with van der Waals surface area (Å²) < 4.78 is 49.8. The minimum atomic E-state index is -4.29. The van der Waals surface area contributed by atoms with Gasteiger partial charge in [0, 0.05) is 6.26 Å². The first-order valence-electron chi connectivity index (χ1n) is 6.03. The van der Waals surface area contributed by atoms with Gasteiger partial charge in [0.05, 0.1) is 0 Å². The fraction of sp³-hybridized carbons (Fsp3) is 0.900. The molecule has 0 amide bonds. The van der Waals surface area contributed by atoms with Crippen molar-refractivity contribution in [3.63, 3.8) is 0 Å². The van der Waals surface area contributed by atoms with Gasteiger partial charge in [-0.05, 0) is 6.42 Å². The zero-order chi connectivity index (χ0) is 14.9. The highest BCUT2D eigenvalue weighted by atomic mass is 32.2. The second-order valence-corrected chi connectivity index (χ2v) is 7.89. The number of nitrogens with zero attached hydrogens (tertiary/aromatic N) is 1. The second-order valence-electron chi connectivity index (χ2n) is 4.30. The SMILES string of the molecule is CCCCCCCC(NS(=O)(=O)N=C=O)S(C)(=O)=O. The van der Waals surface area contributed by atoms with Crippen molar-refractivity contribution in [2.45, 2.75) is 50.8 Å². The predicted molar refractivity (Wildman–Crippen MR) is 72.2 cm³/mol. The largest absolute Gasteiger partial charge is 0.331 e. The summed E-state index contributed by atoms with van der Waals surface area (Å²) in [6.07, 6.45) is 6.51. The van der Waals surface area contributed by atoms with Crippen molar-refractivity contribution in [2.75, 3.05) is 6.26 Å². The van der Waals surface area contributed by atoms with Crippen LogP contribution in [0, 0.1) is 0 Å². The third-order valence-electron chi connectivity index (χ3n) is 2.52. The van der Waals surface area contributed by atoms with Crippen LogP contribution in [0.2, 0.25) is 0 Å².